The predicted molar refractivity (Wildman–Crippen MR) is 172 cm³/mol. The molecule has 0 aliphatic heterocycles. The Hall–Kier alpha value is -3.71. The number of nitrogens with zero attached hydrogens (tertiary/aromatic N) is 4. The number of fused-ring (bicyclic) bond motifs is 1. The van der Waals surface area contributed by atoms with Gasteiger partial charge in [0.25, 0.3) is 0 Å². The molecule has 0 saturated carbocycles. The van der Waals surface area contributed by atoms with Crippen molar-refractivity contribution < 1.29 is 8.78 Å². The highest BCUT2D eigenvalue weighted by atomic mass is 35.5. The largest absolute Gasteiger partial charge is 0.386 e. The second-order valence-electron chi connectivity index (χ2n) is 11.0. The Morgan fingerprint density at radius 3 is 2.70 bits per heavy atom. The van der Waals surface area contributed by atoms with Gasteiger partial charge in [-0.1, -0.05) is 24.9 Å². The number of benzene rings is 1. The first-order chi connectivity index (χ1) is 21.1. The van der Waals surface area contributed by atoms with Crippen LogP contribution in [0, 0.1) is 11.6 Å². The topological polar surface area (TPSA) is 166 Å². The predicted octanol–water partition coefficient (Wildman–Crippen LogP) is 4.51. The van der Waals surface area contributed by atoms with Gasteiger partial charge in [-0.3, -0.25) is 14.5 Å². The summed E-state index contributed by atoms with van der Waals surface area (Å²) >= 11 is 6.22. The van der Waals surface area contributed by atoms with E-state index in [2.05, 4.69) is 25.3 Å². The van der Waals surface area contributed by atoms with Gasteiger partial charge in [0.2, 0.25) is 0 Å². The maximum absolute atomic E-state index is 15.4. The molecule has 10 nitrogen and oxygen atoms in total. The normalized spacial score (nSPS) is 13.5. The van der Waals surface area contributed by atoms with Crippen LogP contribution in [0.4, 0.5) is 8.78 Å². The molecular weight excluding hydrogens is 588 g/mol. The number of nitrogens with one attached hydrogen (secondary N) is 2. The molecule has 0 aliphatic rings. The van der Waals surface area contributed by atoms with Crippen molar-refractivity contribution in [2.45, 2.75) is 64.5 Å². The lowest BCUT2D eigenvalue weighted by atomic mass is 10.0. The summed E-state index contributed by atoms with van der Waals surface area (Å²) in [7, 11) is 0. The highest BCUT2D eigenvalue weighted by Gasteiger charge is 2.19. The van der Waals surface area contributed by atoms with Crippen molar-refractivity contribution in [2.24, 2.45) is 22.2 Å². The molecule has 0 aliphatic carbocycles. The Labute approximate surface area is 260 Å². The summed E-state index contributed by atoms with van der Waals surface area (Å²) in [6.07, 6.45) is 7.53. The minimum Gasteiger partial charge on any atom is -0.386 e. The third kappa shape index (κ3) is 8.26. The molecule has 0 radical (unpaired) electrons. The molecule has 13 heteroatoms. The zero-order valence-electron chi connectivity index (χ0n) is 25.0. The van der Waals surface area contributed by atoms with Crippen LogP contribution in [0.1, 0.15) is 63.3 Å². The van der Waals surface area contributed by atoms with Gasteiger partial charge in [-0.2, -0.15) is 4.98 Å². The summed E-state index contributed by atoms with van der Waals surface area (Å²) in [6.45, 7) is 5.27. The minimum absolute atomic E-state index is 0.00629. The first-order valence-corrected chi connectivity index (χ1v) is 15.2. The second-order valence-corrected chi connectivity index (χ2v) is 11.4. The zero-order chi connectivity index (χ0) is 31.8. The number of amidine groups is 1. The van der Waals surface area contributed by atoms with Gasteiger partial charge in [0.05, 0.1) is 40.9 Å². The second kappa shape index (κ2) is 15.3. The average molecular weight is 628 g/mol. The van der Waals surface area contributed by atoms with Crippen molar-refractivity contribution in [3.05, 3.63) is 75.1 Å². The molecule has 0 amide bonds. The smallest absolute Gasteiger partial charge is 0.354 e. The molecule has 4 aromatic rings. The van der Waals surface area contributed by atoms with E-state index in [1.54, 1.807) is 18.2 Å². The summed E-state index contributed by atoms with van der Waals surface area (Å²) in [5, 5.41) is 3.88. The van der Waals surface area contributed by atoms with E-state index >= 15 is 8.78 Å². The molecule has 0 fully saturated rings. The molecular formula is C31H40ClF2N9O. The van der Waals surface area contributed by atoms with Gasteiger partial charge >= 0.3 is 5.69 Å². The number of rotatable bonds is 15. The Balaban J connectivity index is 1.58. The molecule has 1 aromatic carbocycles. The molecule has 0 spiro atoms. The molecule has 2 unspecified atom stereocenters. The van der Waals surface area contributed by atoms with Gasteiger partial charge in [0.15, 0.2) is 5.82 Å². The first kappa shape index (κ1) is 33.2. The number of aromatic amines is 1. The van der Waals surface area contributed by atoms with Crippen molar-refractivity contribution in [2.75, 3.05) is 19.6 Å². The zero-order valence-corrected chi connectivity index (χ0v) is 25.8. The van der Waals surface area contributed by atoms with Crippen molar-refractivity contribution >= 4 is 28.5 Å². The molecule has 2 atom stereocenters. The van der Waals surface area contributed by atoms with Gasteiger partial charge in [-0.25, -0.2) is 13.6 Å². The van der Waals surface area contributed by atoms with Crippen LogP contribution in [0.2, 0.25) is 5.02 Å². The maximum atomic E-state index is 15.4. The van der Waals surface area contributed by atoms with E-state index < -0.39 is 17.3 Å². The van der Waals surface area contributed by atoms with Crippen molar-refractivity contribution in [3.8, 4) is 16.9 Å². The molecule has 3 aromatic heterocycles. The summed E-state index contributed by atoms with van der Waals surface area (Å²) in [6, 6.07) is 6.07. The van der Waals surface area contributed by atoms with Crippen molar-refractivity contribution in [1.29, 1.82) is 0 Å². The number of aryl methyl sites for hydroxylation is 1. The van der Waals surface area contributed by atoms with Crippen LogP contribution < -0.4 is 28.2 Å². The Morgan fingerprint density at radius 1 is 1.20 bits per heavy atom. The number of aromatic nitrogens is 4. The summed E-state index contributed by atoms with van der Waals surface area (Å²) in [5.74, 6) is -0.723. The fourth-order valence-electron chi connectivity index (χ4n) is 5.03. The quantitative estimate of drug-likeness (QED) is 0.0734. The third-order valence-electron chi connectivity index (χ3n) is 7.30. The Kier molecular flexibility index (Phi) is 11.6. The number of hydrogen-bond donors (Lipinski definition) is 5. The van der Waals surface area contributed by atoms with Gasteiger partial charge in [0, 0.05) is 35.8 Å². The summed E-state index contributed by atoms with van der Waals surface area (Å²) in [5.41, 5.74) is 18.6. The number of pyridine rings is 1. The molecule has 0 saturated heterocycles. The van der Waals surface area contributed by atoms with Crippen LogP contribution in [0.25, 0.3) is 28.0 Å². The third-order valence-corrected chi connectivity index (χ3v) is 7.58. The highest BCUT2D eigenvalue weighted by molar-refractivity contribution is 6.31. The first-order valence-electron chi connectivity index (χ1n) is 14.9. The van der Waals surface area contributed by atoms with E-state index in [0.29, 0.717) is 49.3 Å². The fourth-order valence-corrected chi connectivity index (χ4v) is 5.27. The van der Waals surface area contributed by atoms with Gasteiger partial charge in [-0.05, 0) is 69.3 Å². The Morgan fingerprint density at radius 2 is 2.00 bits per heavy atom. The van der Waals surface area contributed by atoms with Crippen LogP contribution in [0.5, 0.6) is 0 Å². The molecule has 0 bridgehead atoms. The van der Waals surface area contributed by atoms with Gasteiger partial charge in [-0.15, -0.1) is 0 Å². The van der Waals surface area contributed by atoms with E-state index in [1.165, 1.54) is 23.0 Å². The van der Waals surface area contributed by atoms with E-state index in [4.69, 9.17) is 28.8 Å². The number of aliphatic imine (C=N–C) groups is 1. The molecule has 3 heterocycles. The molecule has 236 valence electrons. The molecule has 4 rings (SSSR count). The monoisotopic (exact) mass is 627 g/mol. The van der Waals surface area contributed by atoms with Crippen LogP contribution >= 0.6 is 11.6 Å². The van der Waals surface area contributed by atoms with Crippen LogP contribution in [0.3, 0.4) is 0 Å². The minimum atomic E-state index is -0.636. The van der Waals surface area contributed by atoms with Crippen molar-refractivity contribution in [1.82, 2.24) is 24.8 Å². The lowest BCUT2D eigenvalue weighted by molar-refractivity contribution is 0.454. The maximum Gasteiger partial charge on any atom is 0.354 e. The molecule has 44 heavy (non-hydrogen) atoms. The van der Waals surface area contributed by atoms with E-state index in [-0.39, 0.29) is 46.2 Å². The van der Waals surface area contributed by atoms with Crippen LogP contribution in [-0.2, 0) is 6.42 Å². The van der Waals surface area contributed by atoms with E-state index in [1.807, 2.05) is 13.8 Å². The number of halogens is 3. The van der Waals surface area contributed by atoms with E-state index in [0.717, 1.165) is 24.8 Å². The number of H-pyrrole nitrogens is 1. The summed E-state index contributed by atoms with van der Waals surface area (Å²) < 4.78 is 31.7. The van der Waals surface area contributed by atoms with Gasteiger partial charge in [0.1, 0.15) is 17.3 Å². The van der Waals surface area contributed by atoms with Crippen LogP contribution in [0.15, 0.2) is 46.4 Å². The Bertz CT molecular complexity index is 1670. The fraction of sp³-hybridized carbons (Fsp3) is 0.419. The SMILES string of the molecule is CCCC(NCCCN=C(N)CN)c1ncc(-n2cc3cc(-c4cc(CCCC(C)N)cc(Cl)c4F)[nH]c3nc2=O)cc1F. The van der Waals surface area contributed by atoms with Crippen LogP contribution in [-0.4, -0.2) is 51.0 Å². The van der Waals surface area contributed by atoms with Crippen molar-refractivity contribution in [3.63, 3.8) is 0 Å². The number of hydrogen-bond acceptors (Lipinski definition) is 7. The lowest BCUT2D eigenvalue weighted by Crippen LogP contribution is -2.26. The number of nitrogens with two attached hydrogens (primary N) is 3. The average Bonchev–Trinajstić information content (AvgIpc) is 3.40. The van der Waals surface area contributed by atoms with E-state index in [9.17, 15) is 4.79 Å². The highest BCUT2D eigenvalue weighted by Crippen LogP contribution is 2.31. The van der Waals surface area contributed by atoms with Gasteiger partial charge < -0.3 is 27.5 Å². The molecule has 8 N–H and O–H groups in total. The summed E-state index contributed by atoms with van der Waals surface area (Å²) in [4.78, 5) is 28.7. The lowest BCUT2D eigenvalue weighted by Gasteiger charge is -2.18. The standard InChI is InChI=1S/C31H40ClF2N9O/c1-3-6-25(38-9-5-10-39-27(37)15-35)29-24(33)14-21(16-40-29)43-17-20-13-26(41-30(20)42-31(43)44)22-11-19(8-4-7-18(2)36)12-23(32)28(22)34/h11-14,16-18,25,38H,3-10,15,35-36H2,1-2H3,(H2,37,39)(H,41,42,44).